The molecular weight excluding hydrogens is 380 g/mol. The zero-order chi connectivity index (χ0) is 19.7. The summed E-state index contributed by atoms with van der Waals surface area (Å²) in [6, 6.07) is 3.27. The third-order valence-corrected chi connectivity index (χ3v) is 5.91. The summed E-state index contributed by atoms with van der Waals surface area (Å²) in [6.45, 7) is 1.62. The van der Waals surface area contributed by atoms with Gasteiger partial charge in [0.25, 0.3) is 5.91 Å². The Morgan fingerprint density at radius 2 is 1.96 bits per heavy atom. The van der Waals surface area contributed by atoms with Crippen LogP contribution in [0.3, 0.4) is 0 Å². The fourth-order valence-corrected chi connectivity index (χ4v) is 4.53. The number of methoxy groups -OCH3 is 2. The van der Waals surface area contributed by atoms with Crippen LogP contribution >= 0.6 is 11.6 Å². The summed E-state index contributed by atoms with van der Waals surface area (Å²) >= 11 is 6.31. The lowest BCUT2D eigenvalue weighted by Gasteiger charge is -2.25. The van der Waals surface area contributed by atoms with Crippen molar-refractivity contribution >= 4 is 17.5 Å². The van der Waals surface area contributed by atoms with Gasteiger partial charge >= 0.3 is 0 Å². The van der Waals surface area contributed by atoms with Crippen LogP contribution in [-0.4, -0.2) is 46.3 Å². The van der Waals surface area contributed by atoms with Gasteiger partial charge in [-0.3, -0.25) is 4.79 Å². The number of carbonyl (C=O) groups excluding carboxylic acids is 1. The third-order valence-electron chi connectivity index (χ3n) is 5.63. The number of ether oxygens (including phenoxy) is 2. The molecule has 0 spiro atoms. The van der Waals surface area contributed by atoms with Crippen molar-refractivity contribution < 1.29 is 14.3 Å². The zero-order valence-corrected chi connectivity index (χ0v) is 17.0. The summed E-state index contributed by atoms with van der Waals surface area (Å²) in [5.74, 6) is 2.76. The van der Waals surface area contributed by atoms with E-state index >= 15 is 0 Å². The Morgan fingerprint density at radius 3 is 2.75 bits per heavy atom. The molecule has 28 heavy (non-hydrogen) atoms. The van der Waals surface area contributed by atoms with Gasteiger partial charge in [0.2, 0.25) is 0 Å². The SMILES string of the molecule is COc1cc(C(=O)N2CCCC2c2nnc3n2CCCCC3)cc(Cl)c1OC. The molecule has 150 valence electrons. The van der Waals surface area contributed by atoms with E-state index in [1.807, 2.05) is 4.90 Å². The van der Waals surface area contributed by atoms with Crippen LogP contribution in [0.2, 0.25) is 5.02 Å². The Kier molecular flexibility index (Phi) is 5.44. The predicted octanol–water partition coefficient (Wildman–Crippen LogP) is 3.65. The minimum atomic E-state index is -0.0728. The molecule has 1 unspecified atom stereocenters. The van der Waals surface area contributed by atoms with Gasteiger partial charge in [0.05, 0.1) is 25.3 Å². The molecule has 0 N–H and O–H groups in total. The Hall–Kier alpha value is -2.28. The first-order valence-electron chi connectivity index (χ1n) is 9.78. The van der Waals surface area contributed by atoms with E-state index in [0.29, 0.717) is 28.6 Å². The number of rotatable bonds is 4. The molecule has 3 heterocycles. The largest absolute Gasteiger partial charge is 0.493 e. The molecule has 2 aliphatic rings. The highest BCUT2D eigenvalue weighted by Gasteiger charge is 2.35. The van der Waals surface area contributed by atoms with Crippen molar-refractivity contribution in [2.45, 2.75) is 51.1 Å². The molecule has 0 aliphatic carbocycles. The third kappa shape index (κ3) is 3.32. The molecule has 1 saturated heterocycles. The highest BCUT2D eigenvalue weighted by atomic mass is 35.5. The van der Waals surface area contributed by atoms with Crippen molar-refractivity contribution in [3.63, 3.8) is 0 Å². The fourth-order valence-electron chi connectivity index (χ4n) is 4.24. The number of amides is 1. The van der Waals surface area contributed by atoms with Gasteiger partial charge in [-0.2, -0.15) is 0 Å². The van der Waals surface area contributed by atoms with Gasteiger partial charge in [0.1, 0.15) is 5.82 Å². The molecule has 4 rings (SSSR count). The summed E-state index contributed by atoms with van der Waals surface area (Å²) in [6.07, 6.45) is 6.28. The molecule has 1 atom stereocenters. The van der Waals surface area contributed by atoms with Gasteiger partial charge in [0, 0.05) is 25.1 Å². The molecular formula is C20H25ClN4O3. The summed E-state index contributed by atoms with van der Waals surface area (Å²) in [4.78, 5) is 15.2. The monoisotopic (exact) mass is 404 g/mol. The summed E-state index contributed by atoms with van der Waals surface area (Å²) in [7, 11) is 3.06. The average Bonchev–Trinajstić information content (AvgIpc) is 3.27. The molecule has 0 bridgehead atoms. The molecule has 1 aromatic heterocycles. The maximum atomic E-state index is 13.3. The second kappa shape index (κ2) is 7.99. The standard InChI is InChI=1S/C20H25ClN4O3/c1-27-16-12-13(11-14(21)18(16)28-2)20(26)24-10-6-7-15(24)19-23-22-17-8-4-3-5-9-25(17)19/h11-12,15H,3-10H2,1-2H3. The Balaban J connectivity index is 1.65. The van der Waals surface area contributed by atoms with E-state index in [4.69, 9.17) is 21.1 Å². The Labute approximate surface area is 169 Å². The van der Waals surface area contributed by atoms with Crippen LogP contribution in [0, 0.1) is 0 Å². The lowest BCUT2D eigenvalue weighted by atomic mass is 10.1. The average molecular weight is 405 g/mol. The van der Waals surface area contributed by atoms with Crippen LogP contribution in [0.5, 0.6) is 11.5 Å². The molecule has 1 fully saturated rings. The highest BCUT2D eigenvalue weighted by Crippen LogP contribution is 2.38. The topological polar surface area (TPSA) is 69.5 Å². The van der Waals surface area contributed by atoms with Crippen LogP contribution < -0.4 is 9.47 Å². The maximum absolute atomic E-state index is 13.3. The van der Waals surface area contributed by atoms with E-state index in [1.165, 1.54) is 20.6 Å². The van der Waals surface area contributed by atoms with Crippen LogP contribution in [0.15, 0.2) is 12.1 Å². The second-order valence-corrected chi connectivity index (χ2v) is 7.69. The van der Waals surface area contributed by atoms with Gasteiger partial charge in [0.15, 0.2) is 17.3 Å². The number of aryl methyl sites for hydroxylation is 1. The summed E-state index contributed by atoms with van der Waals surface area (Å²) in [5, 5.41) is 9.24. The Morgan fingerprint density at radius 1 is 1.11 bits per heavy atom. The molecule has 0 saturated carbocycles. The van der Waals surface area contributed by atoms with Gasteiger partial charge in [-0.05, 0) is 37.8 Å². The van der Waals surface area contributed by atoms with E-state index in [9.17, 15) is 4.79 Å². The molecule has 8 heteroatoms. The summed E-state index contributed by atoms with van der Waals surface area (Å²) < 4.78 is 12.9. The van der Waals surface area contributed by atoms with Crippen molar-refractivity contribution in [1.29, 1.82) is 0 Å². The van der Waals surface area contributed by atoms with E-state index < -0.39 is 0 Å². The van der Waals surface area contributed by atoms with Crippen molar-refractivity contribution in [2.75, 3.05) is 20.8 Å². The quantitative estimate of drug-likeness (QED) is 0.777. The number of aromatic nitrogens is 3. The molecule has 2 aromatic rings. The minimum Gasteiger partial charge on any atom is -0.493 e. The minimum absolute atomic E-state index is 0.0567. The van der Waals surface area contributed by atoms with Crippen LogP contribution in [0.25, 0.3) is 0 Å². The van der Waals surface area contributed by atoms with Crippen LogP contribution in [0.1, 0.15) is 60.2 Å². The maximum Gasteiger partial charge on any atom is 0.254 e. The van der Waals surface area contributed by atoms with Gasteiger partial charge in [-0.25, -0.2) is 0 Å². The predicted molar refractivity (Wildman–Crippen MR) is 105 cm³/mol. The van der Waals surface area contributed by atoms with Crippen molar-refractivity contribution in [3.8, 4) is 11.5 Å². The molecule has 2 aliphatic heterocycles. The zero-order valence-electron chi connectivity index (χ0n) is 16.3. The lowest BCUT2D eigenvalue weighted by Crippen LogP contribution is -2.32. The first-order valence-corrected chi connectivity index (χ1v) is 10.2. The first kappa shape index (κ1) is 19.1. The van der Waals surface area contributed by atoms with E-state index in [-0.39, 0.29) is 11.9 Å². The van der Waals surface area contributed by atoms with Gasteiger partial charge < -0.3 is 18.9 Å². The number of benzene rings is 1. The number of fused-ring (bicyclic) bond motifs is 1. The van der Waals surface area contributed by atoms with E-state index in [0.717, 1.165) is 50.3 Å². The van der Waals surface area contributed by atoms with Crippen molar-refractivity contribution in [1.82, 2.24) is 19.7 Å². The Bertz CT molecular complexity index is 883. The second-order valence-electron chi connectivity index (χ2n) is 7.29. The van der Waals surface area contributed by atoms with Crippen molar-refractivity contribution in [2.24, 2.45) is 0 Å². The number of hydrogen-bond donors (Lipinski definition) is 0. The molecule has 1 aromatic carbocycles. The number of carbonyl (C=O) groups is 1. The van der Waals surface area contributed by atoms with E-state index in [1.54, 1.807) is 12.1 Å². The smallest absolute Gasteiger partial charge is 0.254 e. The lowest BCUT2D eigenvalue weighted by molar-refractivity contribution is 0.0726. The fraction of sp³-hybridized carbons (Fsp3) is 0.550. The van der Waals surface area contributed by atoms with Crippen molar-refractivity contribution in [3.05, 3.63) is 34.4 Å². The van der Waals surface area contributed by atoms with Gasteiger partial charge in [-0.1, -0.05) is 18.0 Å². The van der Waals surface area contributed by atoms with Crippen LogP contribution in [0.4, 0.5) is 0 Å². The molecule has 0 radical (unpaired) electrons. The first-order chi connectivity index (χ1) is 13.6. The number of halogens is 1. The van der Waals surface area contributed by atoms with Gasteiger partial charge in [-0.15, -0.1) is 10.2 Å². The highest BCUT2D eigenvalue weighted by molar-refractivity contribution is 6.32. The normalized spacial score (nSPS) is 19.2. The number of likely N-dealkylation sites (tertiary alicyclic amines) is 1. The number of hydrogen-bond acceptors (Lipinski definition) is 5. The van der Waals surface area contributed by atoms with E-state index in [2.05, 4.69) is 14.8 Å². The molecule has 7 nitrogen and oxygen atoms in total. The molecule has 1 amide bonds. The number of nitrogens with zero attached hydrogens (tertiary/aromatic N) is 4. The summed E-state index contributed by atoms with van der Waals surface area (Å²) in [5.41, 5.74) is 0.491. The van der Waals surface area contributed by atoms with Crippen LogP contribution in [-0.2, 0) is 13.0 Å².